The molecule has 1 aliphatic rings. The third kappa shape index (κ3) is 3.99. The Bertz CT molecular complexity index is 493. The average Bonchev–Trinajstić information content (AvgIpc) is 2.78. The van der Waals surface area contributed by atoms with Crippen molar-refractivity contribution in [1.82, 2.24) is 4.72 Å². The molecule has 2 rings (SSSR count). The SMILES string of the molecule is Nc1cccc(CS(=O)(=O)NCC2CCCC2)c1. The zero-order valence-corrected chi connectivity index (χ0v) is 11.2. The fourth-order valence-corrected chi connectivity index (χ4v) is 3.62. The van der Waals surface area contributed by atoms with Gasteiger partial charge in [0.2, 0.25) is 10.0 Å². The van der Waals surface area contributed by atoms with Crippen molar-refractivity contribution in [2.75, 3.05) is 12.3 Å². The summed E-state index contributed by atoms with van der Waals surface area (Å²) in [5.74, 6) is 0.519. The predicted octanol–water partition coefficient (Wildman–Crippen LogP) is 1.88. The quantitative estimate of drug-likeness (QED) is 0.801. The number of nitrogens with one attached hydrogen (secondary N) is 1. The van der Waals surface area contributed by atoms with Crippen LogP contribution in [0.4, 0.5) is 5.69 Å². The molecule has 1 aromatic carbocycles. The van der Waals surface area contributed by atoms with Crippen LogP contribution < -0.4 is 10.5 Å². The summed E-state index contributed by atoms with van der Waals surface area (Å²) in [6, 6.07) is 7.01. The highest BCUT2D eigenvalue weighted by molar-refractivity contribution is 7.88. The van der Waals surface area contributed by atoms with E-state index in [1.54, 1.807) is 24.3 Å². The summed E-state index contributed by atoms with van der Waals surface area (Å²) >= 11 is 0. The zero-order valence-electron chi connectivity index (χ0n) is 10.4. The molecule has 0 bridgehead atoms. The van der Waals surface area contributed by atoms with Crippen LogP contribution in [0.3, 0.4) is 0 Å². The molecule has 5 heteroatoms. The van der Waals surface area contributed by atoms with Crippen LogP contribution in [-0.2, 0) is 15.8 Å². The van der Waals surface area contributed by atoms with Crippen molar-refractivity contribution < 1.29 is 8.42 Å². The molecule has 1 fully saturated rings. The second-order valence-electron chi connectivity index (χ2n) is 5.00. The topological polar surface area (TPSA) is 72.2 Å². The monoisotopic (exact) mass is 268 g/mol. The third-order valence-electron chi connectivity index (χ3n) is 3.37. The van der Waals surface area contributed by atoms with Crippen LogP contribution >= 0.6 is 0 Å². The molecule has 0 heterocycles. The van der Waals surface area contributed by atoms with Gasteiger partial charge in [0.1, 0.15) is 0 Å². The lowest BCUT2D eigenvalue weighted by Crippen LogP contribution is -2.29. The maximum Gasteiger partial charge on any atom is 0.215 e. The summed E-state index contributed by atoms with van der Waals surface area (Å²) in [5.41, 5.74) is 6.96. The van der Waals surface area contributed by atoms with Crippen molar-refractivity contribution >= 4 is 15.7 Å². The minimum absolute atomic E-state index is 0.00472. The van der Waals surface area contributed by atoms with E-state index >= 15 is 0 Å². The molecule has 100 valence electrons. The maximum absolute atomic E-state index is 11.9. The van der Waals surface area contributed by atoms with Gasteiger partial charge in [-0.1, -0.05) is 25.0 Å². The molecule has 0 aliphatic heterocycles. The van der Waals surface area contributed by atoms with E-state index in [9.17, 15) is 8.42 Å². The van der Waals surface area contributed by atoms with E-state index in [1.807, 2.05) is 0 Å². The fraction of sp³-hybridized carbons (Fsp3) is 0.538. The lowest BCUT2D eigenvalue weighted by atomic mass is 10.1. The molecule has 0 saturated heterocycles. The van der Waals surface area contributed by atoms with E-state index in [-0.39, 0.29) is 5.75 Å². The molecular weight excluding hydrogens is 248 g/mol. The molecule has 1 aliphatic carbocycles. The van der Waals surface area contributed by atoms with Crippen LogP contribution in [0.5, 0.6) is 0 Å². The molecule has 0 radical (unpaired) electrons. The lowest BCUT2D eigenvalue weighted by molar-refractivity contribution is 0.519. The Labute approximate surface area is 109 Å². The first-order valence-electron chi connectivity index (χ1n) is 6.37. The van der Waals surface area contributed by atoms with Crippen molar-refractivity contribution in [3.8, 4) is 0 Å². The Hall–Kier alpha value is -1.07. The lowest BCUT2D eigenvalue weighted by Gasteiger charge is -2.11. The van der Waals surface area contributed by atoms with E-state index in [1.165, 1.54) is 12.8 Å². The summed E-state index contributed by atoms with van der Waals surface area (Å²) in [5, 5.41) is 0. The smallest absolute Gasteiger partial charge is 0.215 e. The summed E-state index contributed by atoms with van der Waals surface area (Å²) < 4.78 is 26.5. The fourth-order valence-electron chi connectivity index (χ4n) is 2.41. The predicted molar refractivity (Wildman–Crippen MR) is 73.4 cm³/mol. The van der Waals surface area contributed by atoms with Gasteiger partial charge in [0.15, 0.2) is 0 Å². The van der Waals surface area contributed by atoms with Crippen molar-refractivity contribution in [2.24, 2.45) is 5.92 Å². The van der Waals surface area contributed by atoms with Gasteiger partial charge in [-0.2, -0.15) is 0 Å². The Morgan fingerprint density at radius 1 is 1.28 bits per heavy atom. The van der Waals surface area contributed by atoms with Gasteiger partial charge in [-0.25, -0.2) is 13.1 Å². The Morgan fingerprint density at radius 2 is 2.00 bits per heavy atom. The van der Waals surface area contributed by atoms with E-state index < -0.39 is 10.0 Å². The Balaban J connectivity index is 1.90. The van der Waals surface area contributed by atoms with Gasteiger partial charge in [0, 0.05) is 12.2 Å². The second-order valence-corrected chi connectivity index (χ2v) is 6.81. The number of nitrogen functional groups attached to an aromatic ring is 1. The van der Waals surface area contributed by atoms with Crippen molar-refractivity contribution in [1.29, 1.82) is 0 Å². The first-order chi connectivity index (χ1) is 8.55. The third-order valence-corrected chi connectivity index (χ3v) is 4.69. The molecule has 0 atom stereocenters. The van der Waals surface area contributed by atoms with Gasteiger partial charge in [0.05, 0.1) is 5.75 Å². The Kier molecular flexibility index (Phi) is 4.24. The van der Waals surface area contributed by atoms with Gasteiger partial charge >= 0.3 is 0 Å². The standard InChI is InChI=1S/C13H20N2O2S/c14-13-7-3-6-12(8-13)10-18(16,17)15-9-11-4-1-2-5-11/h3,6-8,11,15H,1-2,4-5,9-10,14H2. The number of hydrogen-bond acceptors (Lipinski definition) is 3. The summed E-state index contributed by atoms with van der Waals surface area (Å²) in [6.07, 6.45) is 4.73. The number of hydrogen-bond donors (Lipinski definition) is 2. The second kappa shape index (κ2) is 5.71. The van der Waals surface area contributed by atoms with Crippen LogP contribution in [0.2, 0.25) is 0 Å². The van der Waals surface area contributed by atoms with Crippen LogP contribution in [0.1, 0.15) is 31.2 Å². The number of anilines is 1. The van der Waals surface area contributed by atoms with Crippen LogP contribution in [0, 0.1) is 5.92 Å². The normalized spacial score (nSPS) is 17.1. The molecule has 0 aromatic heterocycles. The molecule has 0 amide bonds. The number of benzene rings is 1. The van der Waals surface area contributed by atoms with Gasteiger partial charge in [-0.15, -0.1) is 0 Å². The number of rotatable bonds is 5. The largest absolute Gasteiger partial charge is 0.399 e. The van der Waals surface area contributed by atoms with Crippen molar-refractivity contribution in [2.45, 2.75) is 31.4 Å². The summed E-state index contributed by atoms with van der Waals surface area (Å²) in [4.78, 5) is 0. The molecule has 0 spiro atoms. The summed E-state index contributed by atoms with van der Waals surface area (Å²) in [6.45, 7) is 0.574. The molecule has 3 N–H and O–H groups in total. The highest BCUT2D eigenvalue weighted by Crippen LogP contribution is 2.24. The number of sulfonamides is 1. The minimum Gasteiger partial charge on any atom is -0.399 e. The van der Waals surface area contributed by atoms with Gasteiger partial charge in [0.25, 0.3) is 0 Å². The van der Waals surface area contributed by atoms with Crippen LogP contribution in [0.15, 0.2) is 24.3 Å². The number of nitrogens with two attached hydrogens (primary N) is 1. The van der Waals surface area contributed by atoms with Crippen LogP contribution in [-0.4, -0.2) is 15.0 Å². The van der Waals surface area contributed by atoms with Gasteiger partial charge in [-0.3, -0.25) is 0 Å². The van der Waals surface area contributed by atoms with E-state index in [4.69, 9.17) is 5.73 Å². The highest BCUT2D eigenvalue weighted by atomic mass is 32.2. The Morgan fingerprint density at radius 3 is 2.67 bits per heavy atom. The minimum atomic E-state index is -3.24. The van der Waals surface area contributed by atoms with E-state index in [0.29, 0.717) is 18.2 Å². The zero-order chi connectivity index (χ0) is 13.0. The van der Waals surface area contributed by atoms with E-state index in [0.717, 1.165) is 18.4 Å². The van der Waals surface area contributed by atoms with Gasteiger partial charge in [-0.05, 0) is 36.5 Å². The molecule has 1 aromatic rings. The molecule has 4 nitrogen and oxygen atoms in total. The van der Waals surface area contributed by atoms with E-state index in [2.05, 4.69) is 4.72 Å². The summed E-state index contributed by atoms with van der Waals surface area (Å²) in [7, 11) is -3.24. The van der Waals surface area contributed by atoms with Crippen molar-refractivity contribution in [3.63, 3.8) is 0 Å². The van der Waals surface area contributed by atoms with Crippen LogP contribution in [0.25, 0.3) is 0 Å². The maximum atomic E-state index is 11.9. The molecule has 0 unspecified atom stereocenters. The molecule has 1 saturated carbocycles. The first-order valence-corrected chi connectivity index (χ1v) is 8.02. The molecular formula is C13H20N2O2S. The highest BCUT2D eigenvalue weighted by Gasteiger charge is 2.18. The van der Waals surface area contributed by atoms with Crippen molar-refractivity contribution in [3.05, 3.63) is 29.8 Å². The first kappa shape index (κ1) is 13.4. The van der Waals surface area contributed by atoms with Gasteiger partial charge < -0.3 is 5.73 Å². The molecule has 18 heavy (non-hydrogen) atoms. The average molecular weight is 268 g/mol.